The van der Waals surface area contributed by atoms with E-state index in [1.807, 2.05) is 19.1 Å². The van der Waals surface area contributed by atoms with Crippen LogP contribution in [0, 0.1) is 6.92 Å². The molecule has 0 unspecified atom stereocenters. The fraction of sp³-hybridized carbons (Fsp3) is 0.407. The van der Waals surface area contributed by atoms with Gasteiger partial charge in [0, 0.05) is 11.7 Å². The van der Waals surface area contributed by atoms with Crippen molar-refractivity contribution in [2.24, 2.45) is 0 Å². The second kappa shape index (κ2) is 10.7. The van der Waals surface area contributed by atoms with Gasteiger partial charge in [0.1, 0.15) is 6.04 Å². The van der Waals surface area contributed by atoms with Gasteiger partial charge in [0.2, 0.25) is 5.91 Å². The van der Waals surface area contributed by atoms with E-state index in [4.69, 9.17) is 4.74 Å². The van der Waals surface area contributed by atoms with Crippen molar-refractivity contribution < 1.29 is 23.9 Å². The van der Waals surface area contributed by atoms with Crippen molar-refractivity contribution in [2.75, 3.05) is 16.8 Å². The van der Waals surface area contributed by atoms with E-state index in [0.717, 1.165) is 37.7 Å². The van der Waals surface area contributed by atoms with Gasteiger partial charge in [-0.15, -0.1) is 0 Å². The van der Waals surface area contributed by atoms with Gasteiger partial charge >= 0.3 is 12.0 Å². The number of carbonyl (C=O) groups excluding carboxylic acids is 4. The van der Waals surface area contributed by atoms with Gasteiger partial charge in [-0.05, 0) is 63.1 Å². The average molecular weight is 478 g/mol. The van der Waals surface area contributed by atoms with E-state index in [0.29, 0.717) is 16.9 Å². The molecule has 1 aliphatic carbocycles. The summed E-state index contributed by atoms with van der Waals surface area (Å²) in [7, 11) is 0. The van der Waals surface area contributed by atoms with Crippen LogP contribution in [0.4, 0.5) is 16.2 Å². The molecule has 2 fully saturated rings. The summed E-state index contributed by atoms with van der Waals surface area (Å²) in [6.45, 7) is 3.96. The van der Waals surface area contributed by atoms with Gasteiger partial charge in [-0.25, -0.2) is 14.5 Å². The number of rotatable bonds is 7. The van der Waals surface area contributed by atoms with Crippen molar-refractivity contribution >= 4 is 35.2 Å². The second-order valence-electron chi connectivity index (χ2n) is 9.06. The zero-order valence-corrected chi connectivity index (χ0v) is 20.2. The minimum absolute atomic E-state index is 0.0580. The summed E-state index contributed by atoms with van der Waals surface area (Å²) in [6.07, 6.45) is 4.63. The van der Waals surface area contributed by atoms with Gasteiger partial charge in [-0.1, -0.05) is 37.0 Å². The van der Waals surface area contributed by atoms with Gasteiger partial charge in [-0.3, -0.25) is 9.59 Å². The first kappa shape index (κ1) is 24.4. The number of anilines is 2. The van der Waals surface area contributed by atoms with E-state index in [2.05, 4.69) is 5.32 Å². The maximum absolute atomic E-state index is 13.5. The molecule has 2 aromatic rings. The zero-order chi connectivity index (χ0) is 24.9. The van der Waals surface area contributed by atoms with Gasteiger partial charge in [0.05, 0.1) is 24.3 Å². The average Bonchev–Trinajstić information content (AvgIpc) is 3.10. The molecule has 0 bridgehead atoms. The summed E-state index contributed by atoms with van der Waals surface area (Å²) in [5.41, 5.74) is 2.43. The van der Waals surface area contributed by atoms with E-state index in [9.17, 15) is 19.2 Å². The Kier molecular flexibility index (Phi) is 7.48. The summed E-state index contributed by atoms with van der Waals surface area (Å²) in [6, 6.07) is 12.4. The zero-order valence-electron chi connectivity index (χ0n) is 20.2. The van der Waals surface area contributed by atoms with Crippen LogP contribution >= 0.6 is 0 Å². The number of imide groups is 1. The predicted molar refractivity (Wildman–Crippen MR) is 132 cm³/mol. The van der Waals surface area contributed by atoms with E-state index in [1.165, 1.54) is 4.90 Å². The number of aryl methyl sites for hydroxylation is 1. The maximum Gasteiger partial charge on any atom is 0.338 e. The first-order valence-corrected chi connectivity index (χ1v) is 12.2. The van der Waals surface area contributed by atoms with Crippen molar-refractivity contribution in [3.63, 3.8) is 0 Å². The predicted octanol–water partition coefficient (Wildman–Crippen LogP) is 4.67. The third-order valence-corrected chi connectivity index (χ3v) is 6.57. The van der Waals surface area contributed by atoms with Crippen LogP contribution in [0.15, 0.2) is 48.5 Å². The van der Waals surface area contributed by atoms with Crippen LogP contribution in [0.3, 0.4) is 0 Å². The molecule has 8 nitrogen and oxygen atoms in total. The van der Waals surface area contributed by atoms with Gasteiger partial charge < -0.3 is 15.0 Å². The number of urea groups is 1. The molecular weight excluding hydrogens is 446 g/mol. The van der Waals surface area contributed by atoms with Crippen LogP contribution in [0.5, 0.6) is 0 Å². The fourth-order valence-electron chi connectivity index (χ4n) is 4.79. The molecule has 0 radical (unpaired) electrons. The Morgan fingerprint density at radius 1 is 0.971 bits per heavy atom. The highest BCUT2D eigenvalue weighted by molar-refractivity contribution is 6.22. The Balaban J connectivity index is 1.51. The normalized spacial score (nSPS) is 18.6. The SMILES string of the molecule is CCOC(=O)c1ccc(NC(=O)C[C@H]2C(=O)N(c3ccc(C)cc3)C(=O)N2C2CCCCC2)cc1. The molecule has 1 atom stereocenters. The molecule has 4 rings (SSSR count). The molecule has 8 heteroatoms. The van der Waals surface area contributed by atoms with Crippen LogP contribution in [0.1, 0.15) is 61.4 Å². The van der Waals surface area contributed by atoms with E-state index >= 15 is 0 Å². The minimum atomic E-state index is -0.856. The van der Waals surface area contributed by atoms with Gasteiger partial charge in [0.25, 0.3) is 5.91 Å². The smallest absolute Gasteiger partial charge is 0.338 e. The number of benzene rings is 2. The summed E-state index contributed by atoms with van der Waals surface area (Å²) in [5, 5.41) is 2.79. The lowest BCUT2D eigenvalue weighted by molar-refractivity contribution is -0.125. The summed E-state index contributed by atoms with van der Waals surface area (Å²) < 4.78 is 4.98. The lowest BCUT2D eigenvalue weighted by Gasteiger charge is -2.33. The van der Waals surface area contributed by atoms with Gasteiger partial charge in [-0.2, -0.15) is 0 Å². The number of amides is 4. The monoisotopic (exact) mass is 477 g/mol. The Morgan fingerprint density at radius 2 is 1.63 bits per heavy atom. The molecule has 184 valence electrons. The molecule has 2 aromatic carbocycles. The van der Waals surface area contributed by atoms with Crippen molar-refractivity contribution in [3.05, 3.63) is 59.7 Å². The topological polar surface area (TPSA) is 96.0 Å². The van der Waals surface area contributed by atoms with Crippen LogP contribution < -0.4 is 10.2 Å². The molecule has 0 aromatic heterocycles. The molecule has 0 spiro atoms. The first-order valence-electron chi connectivity index (χ1n) is 12.2. The number of ether oxygens (including phenoxy) is 1. The summed E-state index contributed by atoms with van der Waals surface area (Å²) in [5.74, 6) is -1.18. The summed E-state index contributed by atoms with van der Waals surface area (Å²) in [4.78, 5) is 54.5. The minimum Gasteiger partial charge on any atom is -0.462 e. The van der Waals surface area contributed by atoms with Crippen molar-refractivity contribution in [1.82, 2.24) is 4.90 Å². The number of esters is 1. The number of nitrogens with one attached hydrogen (secondary N) is 1. The second-order valence-corrected chi connectivity index (χ2v) is 9.06. The quantitative estimate of drug-likeness (QED) is 0.462. The molecule has 1 N–H and O–H groups in total. The van der Waals surface area contributed by atoms with E-state index in [1.54, 1.807) is 48.2 Å². The third kappa shape index (κ3) is 5.37. The third-order valence-electron chi connectivity index (χ3n) is 6.57. The van der Waals surface area contributed by atoms with Crippen LogP contribution in [-0.2, 0) is 14.3 Å². The highest BCUT2D eigenvalue weighted by Gasteiger charge is 2.49. The highest BCUT2D eigenvalue weighted by atomic mass is 16.5. The molecule has 1 heterocycles. The summed E-state index contributed by atoms with van der Waals surface area (Å²) >= 11 is 0. The van der Waals surface area contributed by atoms with E-state index in [-0.39, 0.29) is 36.9 Å². The molecule has 1 saturated carbocycles. The molecule has 1 saturated heterocycles. The van der Waals surface area contributed by atoms with Crippen molar-refractivity contribution in [1.29, 1.82) is 0 Å². The van der Waals surface area contributed by atoms with Crippen LogP contribution in [0.25, 0.3) is 0 Å². The van der Waals surface area contributed by atoms with Gasteiger partial charge in [0.15, 0.2) is 0 Å². The number of nitrogens with zero attached hydrogens (tertiary/aromatic N) is 2. The molecule has 1 aliphatic heterocycles. The Morgan fingerprint density at radius 3 is 2.26 bits per heavy atom. The molecule has 4 amide bonds. The largest absolute Gasteiger partial charge is 0.462 e. The number of carbonyl (C=O) groups is 4. The molecule has 35 heavy (non-hydrogen) atoms. The Labute approximate surface area is 205 Å². The Hall–Kier alpha value is -3.68. The Bertz CT molecular complexity index is 1090. The van der Waals surface area contributed by atoms with Crippen LogP contribution in [-0.4, -0.2) is 47.4 Å². The fourth-order valence-corrected chi connectivity index (χ4v) is 4.79. The lowest BCUT2D eigenvalue weighted by atomic mass is 9.93. The number of hydrogen-bond donors (Lipinski definition) is 1. The maximum atomic E-state index is 13.5. The standard InChI is InChI=1S/C27H31N3O5/c1-3-35-26(33)19-11-13-20(14-12-19)28-24(31)17-23-25(32)30(22-15-9-18(2)10-16-22)27(34)29(23)21-7-5-4-6-8-21/h9-16,21,23H,3-8,17H2,1-2H3,(H,28,31)/t23-/m0/s1. The molecule has 2 aliphatic rings. The molecular formula is C27H31N3O5. The van der Waals surface area contributed by atoms with Crippen molar-refractivity contribution in [2.45, 2.75) is 64.5 Å². The highest BCUT2D eigenvalue weighted by Crippen LogP contribution is 2.33. The van der Waals surface area contributed by atoms with Crippen molar-refractivity contribution in [3.8, 4) is 0 Å². The van der Waals surface area contributed by atoms with E-state index < -0.39 is 12.0 Å². The van der Waals surface area contributed by atoms with Crippen LogP contribution in [0.2, 0.25) is 0 Å². The lowest BCUT2D eigenvalue weighted by Crippen LogP contribution is -2.45. The first-order chi connectivity index (χ1) is 16.9. The number of hydrogen-bond acceptors (Lipinski definition) is 5.